The number of amides is 1. The molecule has 0 radical (unpaired) electrons. The molecule has 0 spiro atoms. The number of fused-ring (bicyclic) bond motifs is 2. The second-order valence-corrected chi connectivity index (χ2v) is 7.58. The molecule has 0 aromatic heterocycles. The van der Waals surface area contributed by atoms with Gasteiger partial charge < -0.3 is 9.64 Å². The number of methoxy groups -OCH3 is 1. The maximum atomic E-state index is 13.1. The fourth-order valence-electron chi connectivity index (χ4n) is 4.81. The molecule has 0 aromatic carbocycles. The second kappa shape index (κ2) is 4.59. The number of nitrogens with zero attached hydrogens (tertiary/aromatic N) is 1. The van der Waals surface area contributed by atoms with Crippen molar-refractivity contribution in [3.05, 3.63) is 12.2 Å². The molecule has 0 aromatic rings. The van der Waals surface area contributed by atoms with Crippen LogP contribution in [-0.4, -0.2) is 37.6 Å². The van der Waals surface area contributed by atoms with Gasteiger partial charge in [0, 0.05) is 26.1 Å². The molecule has 1 amide bonds. The Bertz CT molecular complexity index is 442. The minimum Gasteiger partial charge on any atom is -0.384 e. The highest BCUT2D eigenvalue weighted by Gasteiger charge is 2.61. The molecule has 3 rings (SSSR count). The van der Waals surface area contributed by atoms with Crippen LogP contribution in [0.25, 0.3) is 0 Å². The van der Waals surface area contributed by atoms with Crippen LogP contribution in [0.5, 0.6) is 0 Å². The summed E-state index contributed by atoms with van der Waals surface area (Å²) in [5.74, 6) is 1.52. The van der Waals surface area contributed by atoms with E-state index in [4.69, 9.17) is 4.74 Å². The van der Waals surface area contributed by atoms with Crippen LogP contribution in [0.3, 0.4) is 0 Å². The molecular weight excluding hydrogens is 250 g/mol. The maximum Gasteiger partial charge on any atom is 0.232 e. The number of ether oxygens (including phenoxy) is 1. The fourth-order valence-corrected chi connectivity index (χ4v) is 4.81. The van der Waals surface area contributed by atoms with Gasteiger partial charge in [-0.25, -0.2) is 0 Å². The number of hydrogen-bond donors (Lipinski definition) is 0. The third-order valence-corrected chi connectivity index (χ3v) is 6.28. The summed E-state index contributed by atoms with van der Waals surface area (Å²) >= 11 is 0. The molecule has 0 unspecified atom stereocenters. The van der Waals surface area contributed by atoms with Crippen molar-refractivity contribution in [3.8, 4) is 0 Å². The lowest BCUT2D eigenvalue weighted by atomic mass is 9.68. The van der Waals surface area contributed by atoms with Crippen LogP contribution in [-0.2, 0) is 9.53 Å². The molecule has 2 saturated carbocycles. The van der Waals surface area contributed by atoms with Gasteiger partial charge in [-0.1, -0.05) is 26.0 Å². The summed E-state index contributed by atoms with van der Waals surface area (Å²) in [5, 5.41) is 0. The predicted octanol–water partition coefficient (Wildman–Crippen LogP) is 2.86. The minimum atomic E-state index is -0.240. The number of hydrogen-bond acceptors (Lipinski definition) is 2. The Morgan fingerprint density at radius 2 is 2.20 bits per heavy atom. The van der Waals surface area contributed by atoms with E-state index in [9.17, 15) is 4.79 Å². The van der Waals surface area contributed by atoms with Crippen molar-refractivity contribution in [1.29, 1.82) is 0 Å². The molecule has 3 nitrogen and oxygen atoms in total. The molecule has 2 aliphatic carbocycles. The smallest absolute Gasteiger partial charge is 0.232 e. The van der Waals surface area contributed by atoms with Crippen molar-refractivity contribution >= 4 is 5.91 Å². The normalized spacial score (nSPS) is 38.8. The standard InChI is InChI=1S/C17H27NO2/c1-12-16(2,3)14-5-7-17(12,9-14)15(19)18-8-6-13(10-18)11-20-4/h13-14H,1,5-11H2,2-4H3/t13-,14-,17+/m0/s1. The first-order valence-corrected chi connectivity index (χ1v) is 7.90. The molecule has 1 heterocycles. The van der Waals surface area contributed by atoms with Gasteiger partial charge in [-0.3, -0.25) is 4.79 Å². The number of carbonyl (C=O) groups is 1. The molecule has 1 aliphatic heterocycles. The van der Waals surface area contributed by atoms with Crippen LogP contribution in [0.15, 0.2) is 12.2 Å². The van der Waals surface area contributed by atoms with Gasteiger partial charge in [0.25, 0.3) is 0 Å². The maximum absolute atomic E-state index is 13.1. The van der Waals surface area contributed by atoms with E-state index in [2.05, 4.69) is 25.3 Å². The quantitative estimate of drug-likeness (QED) is 0.742. The van der Waals surface area contributed by atoms with Crippen LogP contribution in [0.1, 0.15) is 39.5 Å². The molecule has 1 saturated heterocycles. The van der Waals surface area contributed by atoms with Crippen LogP contribution >= 0.6 is 0 Å². The zero-order valence-corrected chi connectivity index (χ0v) is 13.1. The third-order valence-electron chi connectivity index (χ3n) is 6.28. The zero-order valence-electron chi connectivity index (χ0n) is 13.1. The van der Waals surface area contributed by atoms with Crippen LogP contribution < -0.4 is 0 Å². The molecule has 0 N–H and O–H groups in total. The SMILES string of the molecule is C=C1C(C)(C)[C@H]2CC[C@@]1(C(=O)N1CC[C@H](COC)C1)C2. The van der Waals surface area contributed by atoms with Gasteiger partial charge >= 0.3 is 0 Å². The highest BCUT2D eigenvalue weighted by Crippen LogP contribution is 2.66. The zero-order chi connectivity index (χ0) is 14.5. The van der Waals surface area contributed by atoms with Crippen molar-refractivity contribution in [2.45, 2.75) is 39.5 Å². The predicted molar refractivity (Wildman–Crippen MR) is 79.3 cm³/mol. The summed E-state index contributed by atoms with van der Waals surface area (Å²) in [6.07, 6.45) is 4.31. The van der Waals surface area contributed by atoms with Crippen LogP contribution in [0.4, 0.5) is 0 Å². The van der Waals surface area contributed by atoms with Crippen molar-refractivity contribution in [1.82, 2.24) is 4.90 Å². The first kappa shape index (κ1) is 14.1. The highest BCUT2D eigenvalue weighted by atomic mass is 16.5. The summed E-state index contributed by atoms with van der Waals surface area (Å²) in [6.45, 7) is 11.4. The third kappa shape index (κ3) is 1.78. The molecule has 3 heteroatoms. The summed E-state index contributed by atoms with van der Waals surface area (Å²) < 4.78 is 5.24. The number of rotatable bonds is 3. The molecular formula is C17H27NO2. The molecule has 112 valence electrons. The summed E-state index contributed by atoms with van der Waals surface area (Å²) in [4.78, 5) is 15.2. The Morgan fingerprint density at radius 1 is 1.45 bits per heavy atom. The van der Waals surface area contributed by atoms with Gasteiger partial charge in [-0.15, -0.1) is 0 Å². The lowest BCUT2D eigenvalue weighted by molar-refractivity contribution is -0.138. The Hall–Kier alpha value is -0.830. The van der Waals surface area contributed by atoms with Crippen molar-refractivity contribution in [2.75, 3.05) is 26.8 Å². The molecule has 3 aliphatic rings. The molecule has 2 bridgehead atoms. The van der Waals surface area contributed by atoms with Gasteiger partial charge in [0.05, 0.1) is 12.0 Å². The van der Waals surface area contributed by atoms with Gasteiger partial charge in [-0.2, -0.15) is 0 Å². The Kier molecular flexibility index (Phi) is 3.24. The Balaban J connectivity index is 1.77. The van der Waals surface area contributed by atoms with E-state index < -0.39 is 0 Å². The van der Waals surface area contributed by atoms with E-state index in [1.54, 1.807) is 7.11 Å². The van der Waals surface area contributed by atoms with Crippen molar-refractivity contribution in [3.63, 3.8) is 0 Å². The number of carbonyl (C=O) groups excluding carboxylic acids is 1. The van der Waals surface area contributed by atoms with E-state index in [0.29, 0.717) is 17.7 Å². The van der Waals surface area contributed by atoms with Gasteiger partial charge in [0.2, 0.25) is 5.91 Å². The highest BCUT2D eigenvalue weighted by molar-refractivity contribution is 5.88. The lowest BCUT2D eigenvalue weighted by Crippen LogP contribution is -2.43. The molecule has 3 fully saturated rings. The van der Waals surface area contributed by atoms with Gasteiger partial charge in [0.15, 0.2) is 0 Å². The minimum absolute atomic E-state index is 0.138. The fraction of sp³-hybridized carbons (Fsp3) is 0.824. The Morgan fingerprint density at radius 3 is 2.80 bits per heavy atom. The lowest BCUT2D eigenvalue weighted by Gasteiger charge is -2.39. The number of likely N-dealkylation sites (tertiary alicyclic amines) is 1. The largest absolute Gasteiger partial charge is 0.384 e. The van der Waals surface area contributed by atoms with Crippen molar-refractivity contribution < 1.29 is 9.53 Å². The van der Waals surface area contributed by atoms with Crippen molar-refractivity contribution in [2.24, 2.45) is 22.7 Å². The van der Waals surface area contributed by atoms with E-state index >= 15 is 0 Å². The molecule has 3 atom stereocenters. The second-order valence-electron chi connectivity index (χ2n) is 7.58. The summed E-state index contributed by atoms with van der Waals surface area (Å²) in [6, 6.07) is 0. The average Bonchev–Trinajstić information content (AvgIpc) is 3.07. The van der Waals surface area contributed by atoms with Crippen LogP contribution in [0.2, 0.25) is 0 Å². The summed E-state index contributed by atoms with van der Waals surface area (Å²) in [7, 11) is 1.74. The Labute approximate surface area is 122 Å². The van der Waals surface area contributed by atoms with E-state index in [0.717, 1.165) is 39.0 Å². The van der Waals surface area contributed by atoms with Crippen LogP contribution in [0, 0.1) is 22.7 Å². The first-order valence-electron chi connectivity index (χ1n) is 7.90. The first-order chi connectivity index (χ1) is 9.41. The van der Waals surface area contributed by atoms with E-state index in [-0.39, 0.29) is 10.8 Å². The molecule has 20 heavy (non-hydrogen) atoms. The monoisotopic (exact) mass is 277 g/mol. The topological polar surface area (TPSA) is 29.5 Å². The van der Waals surface area contributed by atoms with E-state index in [1.165, 1.54) is 12.0 Å². The summed E-state index contributed by atoms with van der Waals surface area (Å²) in [5.41, 5.74) is 1.09. The van der Waals surface area contributed by atoms with Gasteiger partial charge in [-0.05, 0) is 37.0 Å². The van der Waals surface area contributed by atoms with E-state index in [1.807, 2.05) is 0 Å². The van der Waals surface area contributed by atoms with Gasteiger partial charge in [0.1, 0.15) is 0 Å². The average molecular weight is 277 g/mol.